The molecule has 0 N–H and O–H groups in total. The van der Waals surface area contributed by atoms with Crippen LogP contribution in [0.1, 0.15) is 47.9 Å². The summed E-state index contributed by atoms with van der Waals surface area (Å²) < 4.78 is 14.4. The van der Waals surface area contributed by atoms with E-state index in [-0.39, 0.29) is 0 Å². The summed E-state index contributed by atoms with van der Waals surface area (Å²) in [6, 6.07) is 44.5. The summed E-state index contributed by atoms with van der Waals surface area (Å²) >= 11 is 11.6. The van der Waals surface area contributed by atoms with Crippen molar-refractivity contribution in [2.45, 2.75) is 51.4 Å². The van der Waals surface area contributed by atoms with Crippen molar-refractivity contribution in [1.82, 2.24) is 0 Å². The Labute approximate surface area is 321 Å². The minimum Gasteiger partial charge on any atom is -0.460 e. The van der Waals surface area contributed by atoms with E-state index >= 15 is 0 Å². The highest BCUT2D eigenvalue weighted by atomic mass is 33.1. The zero-order chi connectivity index (χ0) is 35.3. The predicted octanol–water partition coefficient (Wildman–Crippen LogP) is 14.0. The Morgan fingerprint density at radius 1 is 0.434 bits per heavy atom. The average molecular weight is 741 g/mol. The number of thiol groups is 1. The quantitative estimate of drug-likeness (QED) is 0.0824. The zero-order valence-electron chi connectivity index (χ0n) is 29.3. The van der Waals surface area contributed by atoms with E-state index in [1.807, 2.05) is 0 Å². The van der Waals surface area contributed by atoms with Gasteiger partial charge >= 0.3 is 6.12 Å². The number of fused-ring (bicyclic) bond motifs is 11. The van der Waals surface area contributed by atoms with E-state index in [9.17, 15) is 0 Å². The molecule has 2 aliphatic carbocycles. The number of benzene rings is 8. The monoisotopic (exact) mass is 740 g/mol. The topological polar surface area (TPSA) is 18.5 Å². The minimum absolute atomic E-state index is 0.844. The number of hydrogen-bond donors (Lipinski definition) is 1. The fourth-order valence-electron chi connectivity index (χ4n) is 9.72. The average Bonchev–Trinajstić information content (AvgIpc) is 3.32. The molecule has 1 aliphatic heterocycles. The van der Waals surface area contributed by atoms with Crippen molar-refractivity contribution in [1.29, 1.82) is 0 Å². The van der Waals surface area contributed by atoms with Crippen LogP contribution in [-0.2, 0) is 37.9 Å². The van der Waals surface area contributed by atoms with Gasteiger partial charge in [-0.25, -0.2) is 0 Å². The van der Waals surface area contributed by atoms with Crippen molar-refractivity contribution in [3.8, 4) is 44.9 Å². The predicted molar refractivity (Wildman–Crippen MR) is 231 cm³/mol. The molecule has 0 fully saturated rings. The van der Waals surface area contributed by atoms with E-state index in [1.54, 1.807) is 0 Å². The molecule has 258 valence electrons. The molecule has 11 rings (SSSR count). The molecule has 5 heteroatoms. The molecule has 0 saturated heterocycles. The second kappa shape index (κ2) is 12.3. The van der Waals surface area contributed by atoms with Crippen LogP contribution in [0.4, 0.5) is 0 Å². The highest BCUT2D eigenvalue weighted by Crippen LogP contribution is 2.70. The fourth-order valence-corrected chi connectivity index (χ4v) is 11.5. The normalized spacial score (nSPS) is 16.0. The van der Waals surface area contributed by atoms with E-state index in [1.165, 1.54) is 100 Å². The lowest BCUT2D eigenvalue weighted by Crippen LogP contribution is -2.10. The Bertz CT molecular complexity index is 2540. The van der Waals surface area contributed by atoms with Gasteiger partial charge in [0.25, 0.3) is 0 Å². The van der Waals surface area contributed by atoms with Gasteiger partial charge in [-0.3, -0.25) is 0 Å². The summed E-state index contributed by atoms with van der Waals surface area (Å²) in [6.45, 7) is 0. The van der Waals surface area contributed by atoms with Gasteiger partial charge in [-0.2, -0.15) is 0 Å². The van der Waals surface area contributed by atoms with Crippen molar-refractivity contribution in [3.05, 3.63) is 144 Å². The van der Waals surface area contributed by atoms with Crippen LogP contribution in [-0.4, -0.2) is 0 Å². The standard InChI is InChI=1S/C48H37O2PS2/c52-51(53)49-47-41(43-35-19-7-1-13-29(35)25-30-14-2-8-20-36(30)43)27-33-17-5-11-23-39(33)45(47)46-40-24-12-6-18-34(40)28-42(48(46)50-51)44-37-21-9-3-15-31(37)26-32-16-4-10-22-38(32)44/h1-4,7-10,13-16,19-22,25-28H,5-6,11-12,17-18,23-24H2,(H,52,53). The molecule has 8 aromatic carbocycles. The van der Waals surface area contributed by atoms with E-state index in [2.05, 4.69) is 121 Å². The number of aryl methyl sites for hydroxylation is 2. The number of hydrogen-bond acceptors (Lipinski definition) is 4. The number of rotatable bonds is 2. The summed E-state index contributed by atoms with van der Waals surface area (Å²) in [5.74, 6) is 1.69. The largest absolute Gasteiger partial charge is 0.460 e. The molecule has 2 nitrogen and oxygen atoms in total. The van der Waals surface area contributed by atoms with Gasteiger partial charge in [-0.1, -0.05) is 97.1 Å². The molecule has 8 aromatic rings. The minimum atomic E-state index is -3.17. The van der Waals surface area contributed by atoms with Gasteiger partial charge in [0, 0.05) is 33.4 Å². The van der Waals surface area contributed by atoms with Crippen LogP contribution >= 0.6 is 18.4 Å². The van der Waals surface area contributed by atoms with Crippen LogP contribution in [0.25, 0.3) is 76.5 Å². The molecule has 0 amide bonds. The molecular weight excluding hydrogens is 704 g/mol. The molecule has 1 heterocycles. The summed E-state index contributed by atoms with van der Waals surface area (Å²) in [5.41, 5.74) is 12.6. The van der Waals surface area contributed by atoms with Crippen LogP contribution in [0.2, 0.25) is 0 Å². The third-order valence-corrected chi connectivity index (χ3v) is 13.7. The van der Waals surface area contributed by atoms with E-state index in [0.29, 0.717) is 0 Å². The van der Waals surface area contributed by atoms with Crippen LogP contribution in [0.5, 0.6) is 11.5 Å². The lowest BCUT2D eigenvalue weighted by atomic mass is 9.76. The molecule has 0 unspecified atom stereocenters. The van der Waals surface area contributed by atoms with Gasteiger partial charge in [0.1, 0.15) is 0 Å². The first kappa shape index (κ1) is 32.0. The molecule has 0 radical (unpaired) electrons. The van der Waals surface area contributed by atoms with Crippen molar-refractivity contribution in [2.75, 3.05) is 0 Å². The molecule has 0 bridgehead atoms. The van der Waals surface area contributed by atoms with Crippen LogP contribution in [0.3, 0.4) is 0 Å². The molecule has 0 spiro atoms. The van der Waals surface area contributed by atoms with Crippen molar-refractivity contribution < 1.29 is 9.05 Å². The molecule has 0 saturated carbocycles. The maximum atomic E-state index is 7.20. The maximum Gasteiger partial charge on any atom is 0.307 e. The molecule has 0 atom stereocenters. The molecule has 53 heavy (non-hydrogen) atoms. The lowest BCUT2D eigenvalue weighted by Gasteiger charge is -2.28. The highest BCUT2D eigenvalue weighted by molar-refractivity contribution is 8.76. The first-order chi connectivity index (χ1) is 26.0. The third kappa shape index (κ3) is 5.06. The second-order valence-corrected chi connectivity index (χ2v) is 20.1. The summed E-state index contributed by atoms with van der Waals surface area (Å²) in [4.78, 5) is 0. The van der Waals surface area contributed by atoms with Gasteiger partial charge < -0.3 is 21.3 Å². The lowest BCUT2D eigenvalue weighted by molar-refractivity contribution is 0.514. The first-order valence-electron chi connectivity index (χ1n) is 18.9. The summed E-state index contributed by atoms with van der Waals surface area (Å²) in [7, 11) is 0. The van der Waals surface area contributed by atoms with Crippen LogP contribution in [0, 0.1) is 0 Å². The van der Waals surface area contributed by atoms with E-state index < -0.39 is 6.12 Å². The van der Waals surface area contributed by atoms with E-state index in [0.717, 1.165) is 61.2 Å². The van der Waals surface area contributed by atoms with Gasteiger partial charge in [-0.15, -0.1) is 0 Å². The third-order valence-electron chi connectivity index (χ3n) is 11.9. The molecule has 0 aromatic heterocycles. The Morgan fingerprint density at radius 2 is 0.774 bits per heavy atom. The van der Waals surface area contributed by atoms with Crippen molar-refractivity contribution in [2.24, 2.45) is 0 Å². The van der Waals surface area contributed by atoms with Gasteiger partial charge in [0.15, 0.2) is 11.5 Å². The Hall–Kier alpha value is -4.47. The van der Waals surface area contributed by atoms with Crippen molar-refractivity contribution >= 4 is 73.7 Å². The SMILES string of the molecule is [S-][P+]1(S)Oc2c(-c3c4ccccc4cc4ccccc34)cc3c(c2-c2c4c(cc(-c5c6ccccc6cc6ccccc56)c2O1)CCCC4)CCCC3. The smallest absolute Gasteiger partial charge is 0.307 e. The molecular formula is C48H37O2PS2. The maximum absolute atomic E-state index is 7.20. The summed E-state index contributed by atoms with van der Waals surface area (Å²) in [6.07, 6.45) is 5.57. The van der Waals surface area contributed by atoms with Gasteiger partial charge in [0.2, 0.25) is 0 Å². The first-order valence-corrected chi connectivity index (χ1v) is 22.7. The fraction of sp³-hybridized carbons (Fsp3) is 0.167. The summed E-state index contributed by atoms with van der Waals surface area (Å²) in [5, 5.41) is 9.70. The van der Waals surface area contributed by atoms with Crippen LogP contribution < -0.4 is 9.05 Å². The zero-order valence-corrected chi connectivity index (χ0v) is 31.9. The van der Waals surface area contributed by atoms with E-state index in [4.69, 9.17) is 33.5 Å². The van der Waals surface area contributed by atoms with Crippen molar-refractivity contribution in [3.63, 3.8) is 0 Å². The Balaban J connectivity index is 1.33. The Kier molecular flexibility index (Phi) is 7.42. The highest BCUT2D eigenvalue weighted by Gasteiger charge is 2.41. The van der Waals surface area contributed by atoms with Crippen LogP contribution in [0.15, 0.2) is 121 Å². The molecule has 3 aliphatic rings. The second-order valence-electron chi connectivity index (χ2n) is 15.0. The van der Waals surface area contributed by atoms with Gasteiger partial charge in [0.05, 0.1) is 12.2 Å². The van der Waals surface area contributed by atoms with Gasteiger partial charge in [-0.05, 0) is 141 Å². The Morgan fingerprint density at radius 3 is 1.15 bits per heavy atom.